The SMILES string of the molecule is C=CCOc1ccc(/C=C/C(=O)OCC(=O)Nc2sc3c(c2C(N)=O)CCCC3)cc1. The van der Waals surface area contributed by atoms with Crippen LogP contribution in [0.3, 0.4) is 0 Å². The molecule has 2 amide bonds. The van der Waals surface area contributed by atoms with E-state index in [1.807, 2.05) is 0 Å². The van der Waals surface area contributed by atoms with Crippen molar-refractivity contribution < 1.29 is 23.9 Å². The molecule has 162 valence electrons. The van der Waals surface area contributed by atoms with Crippen molar-refractivity contribution in [2.75, 3.05) is 18.5 Å². The van der Waals surface area contributed by atoms with Crippen LogP contribution >= 0.6 is 11.3 Å². The highest BCUT2D eigenvalue weighted by atomic mass is 32.1. The van der Waals surface area contributed by atoms with Crippen LogP contribution in [-0.2, 0) is 27.2 Å². The van der Waals surface area contributed by atoms with Crippen LogP contribution < -0.4 is 15.8 Å². The van der Waals surface area contributed by atoms with Gasteiger partial charge < -0.3 is 20.5 Å². The number of carbonyl (C=O) groups is 3. The fourth-order valence-corrected chi connectivity index (χ4v) is 4.57. The van der Waals surface area contributed by atoms with E-state index in [-0.39, 0.29) is 0 Å². The number of nitrogens with one attached hydrogen (secondary N) is 1. The van der Waals surface area contributed by atoms with Gasteiger partial charge in [-0.25, -0.2) is 4.79 Å². The third-order valence-electron chi connectivity index (χ3n) is 4.68. The summed E-state index contributed by atoms with van der Waals surface area (Å²) < 4.78 is 10.4. The molecule has 1 heterocycles. The van der Waals surface area contributed by atoms with Crippen molar-refractivity contribution in [3.63, 3.8) is 0 Å². The van der Waals surface area contributed by atoms with Crippen molar-refractivity contribution in [2.24, 2.45) is 5.73 Å². The zero-order chi connectivity index (χ0) is 22.2. The first kappa shape index (κ1) is 22.3. The normalized spacial score (nSPS) is 12.8. The Morgan fingerprint density at radius 2 is 1.90 bits per heavy atom. The number of hydrogen-bond acceptors (Lipinski definition) is 6. The molecule has 0 aliphatic heterocycles. The number of benzene rings is 1. The second-order valence-corrected chi connectivity index (χ2v) is 8.04. The molecule has 0 atom stereocenters. The third kappa shape index (κ3) is 6.05. The molecule has 1 aromatic heterocycles. The van der Waals surface area contributed by atoms with E-state index >= 15 is 0 Å². The van der Waals surface area contributed by atoms with Crippen molar-refractivity contribution in [1.29, 1.82) is 0 Å². The molecule has 0 bridgehead atoms. The first-order valence-electron chi connectivity index (χ1n) is 9.90. The van der Waals surface area contributed by atoms with Crippen molar-refractivity contribution in [2.45, 2.75) is 25.7 Å². The zero-order valence-corrected chi connectivity index (χ0v) is 17.8. The minimum atomic E-state index is -0.650. The molecular formula is C23H24N2O5S. The molecule has 7 nitrogen and oxygen atoms in total. The zero-order valence-electron chi connectivity index (χ0n) is 17.0. The van der Waals surface area contributed by atoms with Gasteiger partial charge in [-0.1, -0.05) is 24.8 Å². The molecule has 0 saturated carbocycles. The Morgan fingerprint density at radius 3 is 2.61 bits per heavy atom. The highest BCUT2D eigenvalue weighted by molar-refractivity contribution is 7.17. The maximum Gasteiger partial charge on any atom is 0.331 e. The minimum absolute atomic E-state index is 0.375. The van der Waals surface area contributed by atoms with E-state index in [0.717, 1.165) is 41.7 Å². The maximum atomic E-state index is 12.2. The molecule has 1 aliphatic rings. The van der Waals surface area contributed by atoms with Gasteiger partial charge in [-0.15, -0.1) is 11.3 Å². The Kier molecular flexibility index (Phi) is 7.61. The summed E-state index contributed by atoms with van der Waals surface area (Å²) in [7, 11) is 0. The number of aryl methyl sites for hydroxylation is 1. The van der Waals surface area contributed by atoms with E-state index in [1.54, 1.807) is 36.4 Å². The highest BCUT2D eigenvalue weighted by Crippen LogP contribution is 2.37. The van der Waals surface area contributed by atoms with Gasteiger partial charge >= 0.3 is 5.97 Å². The van der Waals surface area contributed by atoms with Crippen molar-refractivity contribution in [3.05, 3.63) is 64.6 Å². The Hall–Kier alpha value is -3.39. The first-order valence-corrected chi connectivity index (χ1v) is 10.7. The van der Waals surface area contributed by atoms with Gasteiger partial charge in [0.25, 0.3) is 11.8 Å². The second kappa shape index (κ2) is 10.6. The molecule has 0 saturated heterocycles. The number of rotatable bonds is 9. The van der Waals surface area contributed by atoms with Crippen molar-refractivity contribution in [3.8, 4) is 5.75 Å². The molecule has 1 aliphatic carbocycles. The molecule has 0 unspecified atom stereocenters. The summed E-state index contributed by atoms with van der Waals surface area (Å²) in [4.78, 5) is 37.1. The Bertz CT molecular complexity index is 1010. The van der Waals surface area contributed by atoms with Crippen LogP contribution in [-0.4, -0.2) is 31.0 Å². The van der Waals surface area contributed by atoms with Gasteiger partial charge in [0, 0.05) is 11.0 Å². The molecule has 3 N–H and O–H groups in total. The molecule has 0 spiro atoms. The number of amides is 2. The number of nitrogens with two attached hydrogens (primary N) is 1. The highest BCUT2D eigenvalue weighted by Gasteiger charge is 2.25. The number of fused-ring (bicyclic) bond motifs is 1. The molecular weight excluding hydrogens is 416 g/mol. The van der Waals surface area contributed by atoms with Crippen LogP contribution in [0.25, 0.3) is 6.08 Å². The number of carbonyl (C=O) groups excluding carboxylic acids is 3. The summed E-state index contributed by atoms with van der Waals surface area (Å²) in [6.45, 7) is 3.54. The average molecular weight is 441 g/mol. The summed E-state index contributed by atoms with van der Waals surface area (Å²) in [5.41, 5.74) is 7.60. The molecule has 3 rings (SSSR count). The molecule has 0 radical (unpaired) electrons. The van der Waals surface area contributed by atoms with Gasteiger partial charge in [-0.3, -0.25) is 9.59 Å². The number of ether oxygens (including phenoxy) is 2. The third-order valence-corrected chi connectivity index (χ3v) is 5.88. The fourth-order valence-electron chi connectivity index (χ4n) is 3.26. The van der Waals surface area contributed by atoms with E-state index in [9.17, 15) is 14.4 Å². The Balaban J connectivity index is 1.52. The van der Waals surface area contributed by atoms with E-state index in [1.165, 1.54) is 17.4 Å². The number of primary amides is 1. The number of anilines is 1. The molecule has 0 fully saturated rings. The largest absolute Gasteiger partial charge is 0.490 e. The van der Waals surface area contributed by atoms with Gasteiger partial charge in [0.15, 0.2) is 6.61 Å². The summed E-state index contributed by atoms with van der Waals surface area (Å²) in [5.74, 6) is -1.04. The van der Waals surface area contributed by atoms with E-state index in [2.05, 4.69) is 11.9 Å². The summed E-state index contributed by atoms with van der Waals surface area (Å²) in [6.07, 6.45) is 8.17. The molecule has 2 aromatic rings. The lowest BCUT2D eigenvalue weighted by Crippen LogP contribution is -2.22. The predicted octanol–water partition coefficient (Wildman–Crippen LogP) is 3.49. The van der Waals surface area contributed by atoms with E-state index < -0.39 is 24.4 Å². The average Bonchev–Trinajstić information content (AvgIpc) is 3.13. The van der Waals surface area contributed by atoms with Crippen LogP contribution in [0, 0.1) is 0 Å². The lowest BCUT2D eigenvalue weighted by Gasteiger charge is -2.11. The quantitative estimate of drug-likeness (QED) is 0.353. The van der Waals surface area contributed by atoms with Crippen LogP contribution in [0.4, 0.5) is 5.00 Å². The predicted molar refractivity (Wildman–Crippen MR) is 120 cm³/mol. The monoisotopic (exact) mass is 440 g/mol. The summed E-state index contributed by atoms with van der Waals surface area (Å²) in [5, 5.41) is 3.08. The number of hydrogen-bond donors (Lipinski definition) is 2. The van der Waals surface area contributed by atoms with Crippen LogP contribution in [0.15, 0.2) is 43.0 Å². The lowest BCUT2D eigenvalue weighted by atomic mass is 9.95. The minimum Gasteiger partial charge on any atom is -0.490 e. The summed E-state index contributed by atoms with van der Waals surface area (Å²) in [6, 6.07) is 7.13. The molecule has 31 heavy (non-hydrogen) atoms. The number of thiophene rings is 1. The van der Waals surface area contributed by atoms with Crippen molar-refractivity contribution in [1.82, 2.24) is 0 Å². The van der Waals surface area contributed by atoms with Gasteiger partial charge in [0.1, 0.15) is 17.4 Å². The van der Waals surface area contributed by atoms with Crippen LogP contribution in [0.1, 0.15) is 39.2 Å². The molecule has 1 aromatic carbocycles. The van der Waals surface area contributed by atoms with E-state index in [4.69, 9.17) is 15.2 Å². The van der Waals surface area contributed by atoms with Crippen molar-refractivity contribution >= 4 is 40.2 Å². The molecule has 8 heteroatoms. The maximum absolute atomic E-state index is 12.2. The Morgan fingerprint density at radius 1 is 1.16 bits per heavy atom. The first-order chi connectivity index (χ1) is 15.0. The second-order valence-electron chi connectivity index (χ2n) is 6.94. The fraction of sp³-hybridized carbons (Fsp3) is 0.261. The van der Waals surface area contributed by atoms with Gasteiger partial charge in [-0.2, -0.15) is 0 Å². The van der Waals surface area contributed by atoms with Gasteiger partial charge in [0.05, 0.1) is 5.56 Å². The topological polar surface area (TPSA) is 108 Å². The smallest absolute Gasteiger partial charge is 0.331 e. The summed E-state index contributed by atoms with van der Waals surface area (Å²) >= 11 is 1.36. The standard InChI is InChI=1S/C23H24N2O5S/c1-2-13-29-16-10-7-15(8-11-16)9-12-20(27)30-14-19(26)25-23-21(22(24)28)17-5-3-4-6-18(17)31-23/h2,7-12H,1,3-6,13-14H2,(H2,24,28)(H,25,26)/b12-9+. The lowest BCUT2D eigenvalue weighted by molar-refractivity contribution is -0.142. The van der Waals surface area contributed by atoms with Crippen LogP contribution in [0.2, 0.25) is 0 Å². The van der Waals surface area contributed by atoms with E-state index in [0.29, 0.717) is 22.9 Å². The number of esters is 1. The van der Waals surface area contributed by atoms with Crippen LogP contribution in [0.5, 0.6) is 5.75 Å². The van der Waals surface area contributed by atoms with Gasteiger partial charge in [0.2, 0.25) is 0 Å². The van der Waals surface area contributed by atoms with Gasteiger partial charge in [-0.05, 0) is 55.0 Å². The Labute approximate surface area is 184 Å².